The number of hydrogen-bond acceptors (Lipinski definition) is 5. The molecule has 158 valence electrons. The highest BCUT2D eigenvalue weighted by Gasteiger charge is 2.48. The molecule has 2 heterocycles. The molecule has 2 fully saturated rings. The van der Waals surface area contributed by atoms with E-state index in [1.807, 2.05) is 0 Å². The first-order valence-electron chi connectivity index (χ1n) is 10.8. The first-order chi connectivity index (χ1) is 13.0. The first kappa shape index (κ1) is 23.0. The van der Waals surface area contributed by atoms with Crippen LogP contribution in [0.4, 0.5) is 0 Å². The lowest BCUT2D eigenvalue weighted by molar-refractivity contribution is -0.159. The van der Waals surface area contributed by atoms with Crippen LogP contribution >= 0.6 is 11.8 Å². The van der Waals surface area contributed by atoms with E-state index >= 15 is 0 Å². The molecular weight excluding hydrogens is 362 g/mol. The normalized spacial score (nSPS) is 27.9. The molecular formula is C21H39NO4S. The van der Waals surface area contributed by atoms with Gasteiger partial charge in [0.1, 0.15) is 0 Å². The fraction of sp³-hybridized carbons (Fsp3) is 0.952. The highest BCUT2D eigenvalue weighted by molar-refractivity contribution is 7.99. The van der Waals surface area contributed by atoms with Gasteiger partial charge in [0.15, 0.2) is 0 Å². The number of fused-ring (bicyclic) bond motifs is 2. The third-order valence-electron chi connectivity index (χ3n) is 6.01. The molecule has 2 bridgehead atoms. The highest BCUT2D eigenvalue weighted by atomic mass is 32.2. The third-order valence-corrected chi connectivity index (χ3v) is 7.28. The van der Waals surface area contributed by atoms with Crippen LogP contribution in [0.25, 0.3) is 0 Å². The molecule has 2 aliphatic rings. The number of hydrogen-bond donors (Lipinski definition) is 1. The number of nitrogens with zero attached hydrogens (tertiary/aromatic N) is 1. The van der Waals surface area contributed by atoms with Crippen molar-refractivity contribution >= 4 is 17.7 Å². The molecule has 0 aromatic heterocycles. The number of ether oxygens (including phenoxy) is 2. The topological polar surface area (TPSA) is 59.0 Å². The van der Waals surface area contributed by atoms with Gasteiger partial charge in [-0.1, -0.05) is 26.7 Å². The average Bonchev–Trinajstić information content (AvgIpc) is 3.24. The second-order valence-corrected chi connectivity index (χ2v) is 9.73. The standard InChI is InChI=1S/C21H39NO4S/c1-4-5-8-16(2)27-14-12-17-18(20-11-10-19(17)26-20)15-25-13-7-6-9-21(23)22(3)24/h16-20,24H,4-15H2,1-3H3/t16?,17-,18+,19-,20+/m0/s1. The van der Waals surface area contributed by atoms with Gasteiger partial charge in [0.25, 0.3) is 0 Å². The van der Waals surface area contributed by atoms with Gasteiger partial charge in [-0.25, -0.2) is 5.06 Å². The van der Waals surface area contributed by atoms with E-state index in [4.69, 9.17) is 14.7 Å². The van der Waals surface area contributed by atoms with Crippen LogP contribution in [0.5, 0.6) is 0 Å². The minimum Gasteiger partial charge on any atom is -0.381 e. The Kier molecular flexibility index (Phi) is 10.5. The van der Waals surface area contributed by atoms with Crippen LogP contribution in [0.15, 0.2) is 0 Å². The predicted molar refractivity (Wildman–Crippen MR) is 110 cm³/mol. The van der Waals surface area contributed by atoms with E-state index in [9.17, 15) is 4.79 Å². The molecule has 1 amide bonds. The van der Waals surface area contributed by atoms with Gasteiger partial charge < -0.3 is 9.47 Å². The van der Waals surface area contributed by atoms with Crippen molar-refractivity contribution in [2.75, 3.05) is 26.0 Å². The molecule has 0 spiro atoms. The Bertz CT molecular complexity index is 434. The smallest absolute Gasteiger partial charge is 0.245 e. The Morgan fingerprint density at radius 2 is 2.00 bits per heavy atom. The van der Waals surface area contributed by atoms with Crippen LogP contribution in [-0.2, 0) is 14.3 Å². The summed E-state index contributed by atoms with van der Waals surface area (Å²) in [5.74, 6) is 2.19. The zero-order valence-corrected chi connectivity index (χ0v) is 18.2. The van der Waals surface area contributed by atoms with Crippen LogP contribution in [-0.4, -0.2) is 59.6 Å². The van der Waals surface area contributed by atoms with E-state index in [0.29, 0.717) is 42.1 Å². The minimum absolute atomic E-state index is 0.234. The highest BCUT2D eigenvalue weighted by Crippen LogP contribution is 2.45. The SMILES string of the molecule is CCCCC(C)SCC[C@H]1[C@@H](COCCCCC(=O)N(C)O)[C@H]2CC[C@@H]1O2. The van der Waals surface area contributed by atoms with Gasteiger partial charge in [0, 0.05) is 31.2 Å². The summed E-state index contributed by atoms with van der Waals surface area (Å²) in [7, 11) is 1.37. The second-order valence-electron chi connectivity index (χ2n) is 8.18. The average molecular weight is 402 g/mol. The lowest BCUT2D eigenvalue weighted by Crippen LogP contribution is -2.31. The van der Waals surface area contributed by atoms with Crippen LogP contribution in [0.3, 0.4) is 0 Å². The summed E-state index contributed by atoms with van der Waals surface area (Å²) in [4.78, 5) is 11.3. The van der Waals surface area contributed by atoms with Gasteiger partial charge in [-0.15, -0.1) is 0 Å². The fourth-order valence-corrected chi connectivity index (χ4v) is 5.49. The Morgan fingerprint density at radius 1 is 1.26 bits per heavy atom. The van der Waals surface area contributed by atoms with Crippen LogP contribution in [0, 0.1) is 11.8 Å². The molecule has 5 atom stereocenters. The first-order valence-corrected chi connectivity index (χ1v) is 11.9. The van der Waals surface area contributed by atoms with Gasteiger partial charge >= 0.3 is 0 Å². The third kappa shape index (κ3) is 7.56. The zero-order valence-electron chi connectivity index (χ0n) is 17.4. The summed E-state index contributed by atoms with van der Waals surface area (Å²) in [5, 5.41) is 10.5. The van der Waals surface area contributed by atoms with Crippen molar-refractivity contribution in [3.8, 4) is 0 Å². The molecule has 0 aliphatic carbocycles. The lowest BCUT2D eigenvalue weighted by Gasteiger charge is -2.28. The number of hydroxylamine groups is 2. The fourth-order valence-electron chi connectivity index (χ4n) is 4.34. The predicted octanol–water partition coefficient (Wildman–Crippen LogP) is 4.52. The molecule has 6 heteroatoms. The maximum Gasteiger partial charge on any atom is 0.245 e. The molecule has 0 aromatic rings. The van der Waals surface area contributed by atoms with Crippen molar-refractivity contribution in [1.82, 2.24) is 5.06 Å². The summed E-state index contributed by atoms with van der Waals surface area (Å²) in [5.41, 5.74) is 0. The van der Waals surface area contributed by atoms with E-state index in [0.717, 1.165) is 24.7 Å². The van der Waals surface area contributed by atoms with Gasteiger partial charge in [-0.2, -0.15) is 11.8 Å². The second kappa shape index (κ2) is 12.3. The number of rotatable bonds is 14. The van der Waals surface area contributed by atoms with Crippen LogP contribution in [0.2, 0.25) is 0 Å². The van der Waals surface area contributed by atoms with Crippen molar-refractivity contribution in [2.24, 2.45) is 11.8 Å². The van der Waals surface area contributed by atoms with E-state index in [-0.39, 0.29) is 5.91 Å². The van der Waals surface area contributed by atoms with Gasteiger partial charge in [0.2, 0.25) is 5.91 Å². The molecule has 1 N–H and O–H groups in total. The molecule has 0 aromatic carbocycles. The number of carbonyl (C=O) groups is 1. The number of amides is 1. The minimum atomic E-state index is -0.234. The summed E-state index contributed by atoms with van der Waals surface area (Å²) in [6.07, 6.45) is 10.4. The summed E-state index contributed by atoms with van der Waals surface area (Å²) in [6, 6.07) is 0. The largest absolute Gasteiger partial charge is 0.381 e. The van der Waals surface area contributed by atoms with Crippen molar-refractivity contribution < 1.29 is 19.5 Å². The molecule has 5 nitrogen and oxygen atoms in total. The maximum atomic E-state index is 11.3. The van der Waals surface area contributed by atoms with E-state index < -0.39 is 0 Å². The lowest BCUT2D eigenvalue weighted by atomic mass is 9.78. The molecule has 0 saturated carbocycles. The molecule has 2 rings (SSSR count). The van der Waals surface area contributed by atoms with Crippen molar-refractivity contribution in [3.05, 3.63) is 0 Å². The van der Waals surface area contributed by atoms with E-state index in [2.05, 4.69) is 25.6 Å². The quantitative estimate of drug-likeness (QED) is 0.263. The van der Waals surface area contributed by atoms with Gasteiger partial charge in [0.05, 0.1) is 18.8 Å². The number of unbranched alkanes of at least 4 members (excludes halogenated alkanes) is 2. The Labute approximate surface area is 169 Å². The Balaban J connectivity index is 1.62. The number of thioether (sulfide) groups is 1. The maximum absolute atomic E-state index is 11.3. The molecule has 2 aliphatic heterocycles. The summed E-state index contributed by atoms with van der Waals surface area (Å²) in [6.45, 7) is 6.09. The molecule has 27 heavy (non-hydrogen) atoms. The molecule has 1 unspecified atom stereocenters. The van der Waals surface area contributed by atoms with Crippen molar-refractivity contribution in [1.29, 1.82) is 0 Å². The summed E-state index contributed by atoms with van der Waals surface area (Å²) >= 11 is 2.12. The zero-order chi connectivity index (χ0) is 19.6. The van der Waals surface area contributed by atoms with Crippen molar-refractivity contribution in [2.45, 2.75) is 89.1 Å². The summed E-state index contributed by atoms with van der Waals surface area (Å²) < 4.78 is 12.1. The monoisotopic (exact) mass is 401 g/mol. The molecule has 0 radical (unpaired) electrons. The van der Waals surface area contributed by atoms with Crippen LogP contribution < -0.4 is 0 Å². The van der Waals surface area contributed by atoms with Crippen molar-refractivity contribution in [3.63, 3.8) is 0 Å². The number of carbonyl (C=O) groups excluding carboxylic acids is 1. The van der Waals surface area contributed by atoms with E-state index in [1.54, 1.807) is 0 Å². The van der Waals surface area contributed by atoms with E-state index in [1.165, 1.54) is 51.3 Å². The van der Waals surface area contributed by atoms with Crippen LogP contribution in [0.1, 0.15) is 71.6 Å². The Morgan fingerprint density at radius 3 is 2.70 bits per heavy atom. The van der Waals surface area contributed by atoms with Gasteiger partial charge in [-0.3, -0.25) is 10.0 Å². The molecule has 2 saturated heterocycles. The Hall–Kier alpha value is -0.300. The van der Waals surface area contributed by atoms with Gasteiger partial charge in [-0.05, 0) is 50.2 Å².